The molecule has 0 fully saturated rings. The van der Waals surface area contributed by atoms with Gasteiger partial charge in [0.05, 0.1) is 5.57 Å². The summed E-state index contributed by atoms with van der Waals surface area (Å²) in [4.78, 5) is 21.3. The number of carboxylic acids is 2. The second-order valence-corrected chi connectivity index (χ2v) is 2.63. The Labute approximate surface area is 74.5 Å². The zero-order chi connectivity index (χ0) is 10.0. The van der Waals surface area contributed by atoms with E-state index in [0.29, 0.717) is 0 Å². The molecule has 13 heavy (non-hydrogen) atoms. The van der Waals surface area contributed by atoms with E-state index in [1.165, 1.54) is 18.2 Å². The summed E-state index contributed by atoms with van der Waals surface area (Å²) in [6.07, 6.45) is 4.24. The molecule has 0 aliphatic heterocycles. The van der Waals surface area contributed by atoms with Gasteiger partial charge >= 0.3 is 11.9 Å². The number of aliphatic carboxylic acids is 2. The Balaban J connectivity index is 3.10. The molecule has 1 atom stereocenters. The van der Waals surface area contributed by atoms with Crippen molar-refractivity contribution in [2.75, 3.05) is 0 Å². The van der Waals surface area contributed by atoms with Crippen LogP contribution in [0.3, 0.4) is 0 Å². The Bertz CT molecular complexity index is 336. The Kier molecular flexibility index (Phi) is 2.32. The monoisotopic (exact) mass is 180 g/mol. The van der Waals surface area contributed by atoms with Crippen LogP contribution in [0.5, 0.6) is 0 Å². The average molecular weight is 180 g/mol. The van der Waals surface area contributed by atoms with Crippen LogP contribution in [0.15, 0.2) is 36.0 Å². The molecule has 1 aliphatic rings. The first-order chi connectivity index (χ1) is 6.04. The number of hydrogen-bond acceptors (Lipinski definition) is 2. The topological polar surface area (TPSA) is 74.6 Å². The van der Waals surface area contributed by atoms with E-state index < -0.39 is 17.9 Å². The molecule has 68 valence electrons. The quantitative estimate of drug-likeness (QED) is 0.659. The van der Waals surface area contributed by atoms with Crippen molar-refractivity contribution in [3.63, 3.8) is 0 Å². The molecular weight excluding hydrogens is 172 g/mol. The fourth-order valence-corrected chi connectivity index (χ4v) is 1.15. The molecule has 1 rings (SSSR count). The van der Waals surface area contributed by atoms with Crippen molar-refractivity contribution in [3.8, 4) is 0 Å². The summed E-state index contributed by atoms with van der Waals surface area (Å²) < 4.78 is 0. The van der Waals surface area contributed by atoms with E-state index in [4.69, 9.17) is 10.2 Å². The SMILES string of the molecule is C=C1C=CC=C(C(=O)O)C1C(=O)O. The fourth-order valence-electron chi connectivity index (χ4n) is 1.15. The van der Waals surface area contributed by atoms with Crippen molar-refractivity contribution in [2.45, 2.75) is 0 Å². The molecule has 0 aromatic rings. The molecule has 0 bridgehead atoms. The van der Waals surface area contributed by atoms with Gasteiger partial charge in [-0.25, -0.2) is 4.79 Å². The molecule has 1 aliphatic carbocycles. The molecule has 0 amide bonds. The molecule has 0 aromatic carbocycles. The van der Waals surface area contributed by atoms with Crippen LogP contribution in [-0.2, 0) is 9.59 Å². The maximum Gasteiger partial charge on any atom is 0.332 e. The second kappa shape index (κ2) is 3.26. The predicted molar refractivity (Wildman–Crippen MR) is 45.1 cm³/mol. The van der Waals surface area contributed by atoms with Crippen LogP contribution in [0, 0.1) is 5.92 Å². The third-order valence-corrected chi connectivity index (χ3v) is 1.76. The van der Waals surface area contributed by atoms with Crippen LogP contribution >= 0.6 is 0 Å². The smallest absolute Gasteiger partial charge is 0.332 e. The van der Waals surface area contributed by atoms with Crippen LogP contribution in [0.25, 0.3) is 0 Å². The summed E-state index contributed by atoms with van der Waals surface area (Å²) in [6.45, 7) is 3.48. The van der Waals surface area contributed by atoms with E-state index in [2.05, 4.69) is 6.58 Å². The standard InChI is InChI=1S/C9H8O4/c1-5-3-2-4-6(8(10)11)7(5)9(12)13/h2-4,7H,1H2,(H,10,11)(H,12,13). The highest BCUT2D eigenvalue weighted by Crippen LogP contribution is 2.24. The molecule has 2 N–H and O–H groups in total. The molecule has 0 heterocycles. The van der Waals surface area contributed by atoms with Crippen LogP contribution in [0.2, 0.25) is 0 Å². The summed E-state index contributed by atoms with van der Waals surface area (Å²) in [7, 11) is 0. The molecule has 1 unspecified atom stereocenters. The highest BCUT2D eigenvalue weighted by Gasteiger charge is 2.29. The van der Waals surface area contributed by atoms with Crippen LogP contribution in [0.4, 0.5) is 0 Å². The highest BCUT2D eigenvalue weighted by atomic mass is 16.4. The third kappa shape index (κ3) is 1.66. The minimum atomic E-state index is -1.22. The summed E-state index contributed by atoms with van der Waals surface area (Å²) >= 11 is 0. The maximum absolute atomic E-state index is 10.7. The Morgan fingerprint density at radius 3 is 2.38 bits per heavy atom. The Hall–Kier alpha value is -1.84. The average Bonchev–Trinajstić information content (AvgIpc) is 2.02. The van der Waals surface area contributed by atoms with Crippen molar-refractivity contribution < 1.29 is 19.8 Å². The van der Waals surface area contributed by atoms with Crippen LogP contribution in [0.1, 0.15) is 0 Å². The number of carboxylic acid groups (broad SMARTS) is 2. The van der Waals surface area contributed by atoms with Crippen molar-refractivity contribution in [1.82, 2.24) is 0 Å². The lowest BCUT2D eigenvalue weighted by atomic mass is 9.88. The van der Waals surface area contributed by atoms with E-state index in [-0.39, 0.29) is 11.1 Å². The zero-order valence-corrected chi connectivity index (χ0v) is 6.73. The van der Waals surface area contributed by atoms with E-state index in [1.807, 2.05) is 0 Å². The largest absolute Gasteiger partial charge is 0.481 e. The van der Waals surface area contributed by atoms with E-state index in [9.17, 15) is 9.59 Å². The lowest BCUT2D eigenvalue weighted by Gasteiger charge is -2.15. The van der Waals surface area contributed by atoms with Gasteiger partial charge in [-0.15, -0.1) is 0 Å². The van der Waals surface area contributed by atoms with Crippen LogP contribution in [-0.4, -0.2) is 22.2 Å². The molecule has 0 spiro atoms. The van der Waals surface area contributed by atoms with Crippen molar-refractivity contribution in [3.05, 3.63) is 36.0 Å². The van der Waals surface area contributed by atoms with E-state index in [0.717, 1.165) is 0 Å². The van der Waals surface area contributed by atoms with Gasteiger partial charge in [0.1, 0.15) is 5.92 Å². The number of hydrogen-bond donors (Lipinski definition) is 2. The molecule has 0 radical (unpaired) electrons. The second-order valence-electron chi connectivity index (χ2n) is 2.63. The minimum Gasteiger partial charge on any atom is -0.481 e. The first kappa shape index (κ1) is 9.25. The van der Waals surface area contributed by atoms with Gasteiger partial charge in [0, 0.05) is 0 Å². The van der Waals surface area contributed by atoms with Gasteiger partial charge in [-0.3, -0.25) is 4.79 Å². The molecule has 0 saturated heterocycles. The summed E-state index contributed by atoms with van der Waals surface area (Å²) in [5.41, 5.74) is 0.132. The van der Waals surface area contributed by atoms with Crippen molar-refractivity contribution in [1.29, 1.82) is 0 Å². The van der Waals surface area contributed by atoms with Gasteiger partial charge in [0.25, 0.3) is 0 Å². The number of allylic oxidation sites excluding steroid dienone is 3. The maximum atomic E-state index is 10.7. The van der Waals surface area contributed by atoms with Gasteiger partial charge in [-0.05, 0) is 5.57 Å². The minimum absolute atomic E-state index is 0.153. The zero-order valence-electron chi connectivity index (χ0n) is 6.73. The highest BCUT2D eigenvalue weighted by molar-refractivity contribution is 5.96. The molecule has 4 heteroatoms. The fraction of sp³-hybridized carbons (Fsp3) is 0.111. The summed E-state index contributed by atoms with van der Waals surface area (Å²) in [5, 5.41) is 17.4. The van der Waals surface area contributed by atoms with Gasteiger partial charge in [0.15, 0.2) is 0 Å². The van der Waals surface area contributed by atoms with Crippen molar-refractivity contribution in [2.24, 2.45) is 5.92 Å². The lowest BCUT2D eigenvalue weighted by Crippen LogP contribution is -2.23. The van der Waals surface area contributed by atoms with Crippen LogP contribution < -0.4 is 0 Å². The van der Waals surface area contributed by atoms with Gasteiger partial charge in [-0.2, -0.15) is 0 Å². The lowest BCUT2D eigenvalue weighted by molar-refractivity contribution is -0.142. The first-order valence-corrected chi connectivity index (χ1v) is 3.57. The van der Waals surface area contributed by atoms with Gasteiger partial charge in [0.2, 0.25) is 0 Å². The molecule has 0 saturated carbocycles. The van der Waals surface area contributed by atoms with Gasteiger partial charge < -0.3 is 10.2 Å². The number of carbonyl (C=O) groups is 2. The molecule has 4 nitrogen and oxygen atoms in total. The van der Waals surface area contributed by atoms with E-state index >= 15 is 0 Å². The third-order valence-electron chi connectivity index (χ3n) is 1.76. The molecule has 0 aromatic heterocycles. The Morgan fingerprint density at radius 2 is 2.00 bits per heavy atom. The summed E-state index contributed by atoms with van der Waals surface area (Å²) in [5.74, 6) is -3.54. The van der Waals surface area contributed by atoms with E-state index in [1.54, 1.807) is 0 Å². The number of rotatable bonds is 2. The van der Waals surface area contributed by atoms with Crippen molar-refractivity contribution >= 4 is 11.9 Å². The van der Waals surface area contributed by atoms with Gasteiger partial charge in [-0.1, -0.05) is 24.8 Å². The first-order valence-electron chi connectivity index (χ1n) is 3.57. The normalized spacial score (nSPS) is 21.1. The Morgan fingerprint density at radius 1 is 1.38 bits per heavy atom. The summed E-state index contributed by atoms with van der Waals surface area (Å²) in [6, 6.07) is 0. The molecular formula is C9H8O4. The predicted octanol–water partition coefficient (Wildman–Crippen LogP) is 0.824.